The van der Waals surface area contributed by atoms with Crippen LogP contribution in [0.15, 0.2) is 49.1 Å². The van der Waals surface area contributed by atoms with Crippen LogP contribution in [0.3, 0.4) is 0 Å². The molecule has 0 bridgehead atoms. The van der Waals surface area contributed by atoms with Crippen LogP contribution in [-0.4, -0.2) is 0 Å². The van der Waals surface area contributed by atoms with Gasteiger partial charge in [-0.15, -0.1) is 0 Å². The first-order chi connectivity index (χ1) is 5.83. The van der Waals surface area contributed by atoms with Crippen LogP contribution >= 0.6 is 0 Å². The minimum Gasteiger partial charge on any atom is -0.0991 e. The quantitative estimate of drug-likeness (QED) is 0.591. The van der Waals surface area contributed by atoms with Crippen LogP contribution in [0.25, 0.3) is 0 Å². The summed E-state index contributed by atoms with van der Waals surface area (Å²) in [6, 6.07) is 8.22. The maximum atomic E-state index is 3.87. The summed E-state index contributed by atoms with van der Waals surface area (Å²) in [5.74, 6) is 0. The fourth-order valence-electron chi connectivity index (χ4n) is 1.06. The van der Waals surface area contributed by atoms with Gasteiger partial charge < -0.3 is 0 Å². The first-order valence-electron chi connectivity index (χ1n) is 4.01. The summed E-state index contributed by atoms with van der Waals surface area (Å²) in [7, 11) is 0. The molecule has 1 aromatic carbocycles. The molecular weight excluding hydrogens is 144 g/mol. The van der Waals surface area contributed by atoms with Gasteiger partial charge in [0.25, 0.3) is 0 Å². The van der Waals surface area contributed by atoms with Gasteiger partial charge in [0.15, 0.2) is 0 Å². The Morgan fingerprint density at radius 2 is 2.17 bits per heavy atom. The molecule has 12 heavy (non-hydrogen) atoms. The molecule has 0 saturated heterocycles. The molecular formula is C12H13. The van der Waals surface area contributed by atoms with Crippen molar-refractivity contribution in [1.82, 2.24) is 0 Å². The van der Waals surface area contributed by atoms with E-state index in [4.69, 9.17) is 0 Å². The van der Waals surface area contributed by atoms with Crippen LogP contribution in [0.5, 0.6) is 0 Å². The van der Waals surface area contributed by atoms with E-state index in [0.717, 1.165) is 12.0 Å². The smallest absolute Gasteiger partial charge is 0.00942 e. The van der Waals surface area contributed by atoms with Crippen molar-refractivity contribution in [3.63, 3.8) is 0 Å². The molecule has 0 heterocycles. The number of rotatable bonds is 3. The van der Waals surface area contributed by atoms with Gasteiger partial charge in [-0.3, -0.25) is 0 Å². The van der Waals surface area contributed by atoms with Crippen LogP contribution < -0.4 is 0 Å². The molecule has 0 saturated carbocycles. The largest absolute Gasteiger partial charge is 0.0991 e. The minimum atomic E-state index is 0.954. The molecule has 0 aliphatic carbocycles. The molecule has 0 aromatic heterocycles. The maximum Gasteiger partial charge on any atom is -0.00942 e. The van der Waals surface area contributed by atoms with Gasteiger partial charge in [-0.1, -0.05) is 49.1 Å². The Morgan fingerprint density at radius 3 is 2.83 bits per heavy atom. The molecule has 0 nitrogen and oxygen atoms in total. The van der Waals surface area contributed by atoms with Gasteiger partial charge in [-0.25, -0.2) is 0 Å². The highest BCUT2D eigenvalue weighted by Crippen LogP contribution is 2.04. The predicted octanol–water partition coefficient (Wildman–Crippen LogP) is 3.15. The van der Waals surface area contributed by atoms with Gasteiger partial charge >= 0.3 is 0 Å². The summed E-state index contributed by atoms with van der Waals surface area (Å²) in [5, 5.41) is 0. The summed E-state index contributed by atoms with van der Waals surface area (Å²) in [6.45, 7) is 7.48. The van der Waals surface area contributed by atoms with E-state index in [1.54, 1.807) is 6.08 Å². The van der Waals surface area contributed by atoms with E-state index in [1.165, 1.54) is 5.56 Å². The monoisotopic (exact) mass is 157 g/mol. The maximum absolute atomic E-state index is 3.87. The Bertz CT molecular complexity index is 282. The van der Waals surface area contributed by atoms with Crippen LogP contribution in [0.2, 0.25) is 0 Å². The standard InChI is InChI=1S/C12H13/c1-3-4-5-8-12-9-6-7-11(2)10-12/h3-7,9-10H,1-2,8H2/b5-4+. The van der Waals surface area contributed by atoms with E-state index in [1.807, 2.05) is 18.2 Å². The highest BCUT2D eigenvalue weighted by molar-refractivity contribution is 5.26. The molecule has 0 amide bonds. The second-order valence-corrected chi connectivity index (χ2v) is 2.69. The zero-order valence-corrected chi connectivity index (χ0v) is 7.16. The Hall–Kier alpha value is -1.30. The highest BCUT2D eigenvalue weighted by atomic mass is 13.9. The number of hydrogen-bond acceptors (Lipinski definition) is 0. The van der Waals surface area contributed by atoms with E-state index >= 15 is 0 Å². The van der Waals surface area contributed by atoms with Crippen molar-refractivity contribution in [2.24, 2.45) is 0 Å². The number of hydrogen-bond donors (Lipinski definition) is 0. The van der Waals surface area contributed by atoms with Crippen LogP contribution in [0.4, 0.5) is 0 Å². The molecule has 0 atom stereocenters. The van der Waals surface area contributed by atoms with Gasteiger partial charge in [-0.2, -0.15) is 0 Å². The highest BCUT2D eigenvalue weighted by Gasteiger charge is 1.88. The molecule has 0 N–H and O–H groups in total. The third-order valence-corrected chi connectivity index (χ3v) is 1.62. The lowest BCUT2D eigenvalue weighted by Crippen LogP contribution is -1.80. The molecule has 1 aromatic rings. The molecule has 0 aliphatic heterocycles. The van der Waals surface area contributed by atoms with E-state index in [-0.39, 0.29) is 0 Å². The zero-order chi connectivity index (χ0) is 8.81. The zero-order valence-electron chi connectivity index (χ0n) is 7.16. The molecule has 1 radical (unpaired) electrons. The summed E-state index contributed by atoms with van der Waals surface area (Å²) in [6.07, 6.45) is 6.78. The topological polar surface area (TPSA) is 0 Å². The van der Waals surface area contributed by atoms with Crippen LogP contribution in [0.1, 0.15) is 11.1 Å². The van der Waals surface area contributed by atoms with Crippen molar-refractivity contribution >= 4 is 0 Å². The second kappa shape index (κ2) is 4.55. The lowest BCUT2D eigenvalue weighted by Gasteiger charge is -1.96. The van der Waals surface area contributed by atoms with E-state index in [9.17, 15) is 0 Å². The lowest BCUT2D eigenvalue weighted by molar-refractivity contribution is 1.26. The normalized spacial score (nSPS) is 10.4. The Morgan fingerprint density at radius 1 is 1.33 bits per heavy atom. The first kappa shape index (κ1) is 8.79. The van der Waals surface area contributed by atoms with Crippen molar-refractivity contribution < 1.29 is 0 Å². The van der Waals surface area contributed by atoms with Crippen LogP contribution in [-0.2, 0) is 6.42 Å². The Labute approximate surface area is 74.2 Å². The lowest BCUT2D eigenvalue weighted by atomic mass is 10.1. The van der Waals surface area contributed by atoms with Crippen molar-refractivity contribution in [3.05, 3.63) is 67.1 Å². The van der Waals surface area contributed by atoms with Crippen molar-refractivity contribution in [3.8, 4) is 0 Å². The van der Waals surface area contributed by atoms with Crippen molar-refractivity contribution in [2.75, 3.05) is 0 Å². The van der Waals surface area contributed by atoms with E-state index in [0.29, 0.717) is 0 Å². The first-order valence-corrected chi connectivity index (χ1v) is 4.01. The van der Waals surface area contributed by atoms with E-state index in [2.05, 4.69) is 31.7 Å². The van der Waals surface area contributed by atoms with Gasteiger partial charge in [0.05, 0.1) is 0 Å². The average molecular weight is 157 g/mol. The third kappa shape index (κ3) is 2.75. The third-order valence-electron chi connectivity index (χ3n) is 1.62. The molecule has 0 fully saturated rings. The minimum absolute atomic E-state index is 0.954. The Kier molecular flexibility index (Phi) is 3.34. The van der Waals surface area contributed by atoms with Gasteiger partial charge in [0.2, 0.25) is 0 Å². The average Bonchev–Trinajstić information content (AvgIpc) is 2.05. The van der Waals surface area contributed by atoms with Gasteiger partial charge in [0, 0.05) is 0 Å². The summed E-state index contributed by atoms with van der Waals surface area (Å²) in [4.78, 5) is 0. The van der Waals surface area contributed by atoms with Crippen molar-refractivity contribution in [1.29, 1.82) is 0 Å². The number of allylic oxidation sites excluding steroid dienone is 3. The van der Waals surface area contributed by atoms with Gasteiger partial charge in [0.1, 0.15) is 0 Å². The summed E-state index contributed by atoms with van der Waals surface area (Å²) in [5.41, 5.74) is 2.36. The predicted molar refractivity (Wildman–Crippen MR) is 53.9 cm³/mol. The van der Waals surface area contributed by atoms with Gasteiger partial charge in [-0.05, 0) is 24.5 Å². The fraction of sp³-hybridized carbons (Fsp3) is 0.0833. The fourth-order valence-corrected chi connectivity index (χ4v) is 1.06. The molecule has 0 aliphatic rings. The molecule has 1 rings (SSSR count). The molecule has 61 valence electrons. The molecule has 0 spiro atoms. The second-order valence-electron chi connectivity index (χ2n) is 2.69. The Balaban J connectivity index is 2.63. The summed E-state index contributed by atoms with van der Waals surface area (Å²) < 4.78 is 0. The van der Waals surface area contributed by atoms with Crippen LogP contribution in [0, 0.1) is 6.92 Å². The van der Waals surface area contributed by atoms with Crippen molar-refractivity contribution in [2.45, 2.75) is 6.42 Å². The molecule has 0 unspecified atom stereocenters. The SMILES string of the molecule is [CH2]c1cccc(C/C=C/C=C)c1. The van der Waals surface area contributed by atoms with E-state index < -0.39 is 0 Å². The molecule has 0 heteroatoms. The summed E-state index contributed by atoms with van der Waals surface area (Å²) >= 11 is 0. The number of benzene rings is 1.